The van der Waals surface area contributed by atoms with Crippen molar-refractivity contribution >= 4 is 44.8 Å². The predicted molar refractivity (Wildman–Crippen MR) is 88.5 cm³/mol. The maximum atomic E-state index is 11.4. The topological polar surface area (TPSA) is 100 Å². The highest BCUT2D eigenvalue weighted by Crippen LogP contribution is 2.28. The summed E-state index contributed by atoms with van der Waals surface area (Å²) in [6, 6.07) is 13.1. The summed E-state index contributed by atoms with van der Waals surface area (Å²) in [5, 5.41) is 19.8. The number of aromatic nitrogens is 2. The lowest BCUT2D eigenvalue weighted by molar-refractivity contribution is 0.0688. The third kappa shape index (κ3) is 1.97. The van der Waals surface area contributed by atoms with E-state index in [0.717, 1.165) is 0 Å². The van der Waals surface area contributed by atoms with E-state index in [1.165, 1.54) is 12.1 Å². The van der Waals surface area contributed by atoms with Gasteiger partial charge in [-0.15, -0.1) is 0 Å². The van der Waals surface area contributed by atoms with E-state index < -0.39 is 11.9 Å². The molecule has 1 aromatic heterocycles. The molecule has 116 valence electrons. The first-order chi connectivity index (χ1) is 11.6. The van der Waals surface area contributed by atoms with Gasteiger partial charge in [0.15, 0.2) is 0 Å². The van der Waals surface area contributed by atoms with Crippen LogP contribution in [0.15, 0.2) is 48.5 Å². The number of para-hydroxylation sites is 1. The van der Waals surface area contributed by atoms with Crippen LogP contribution in [-0.4, -0.2) is 32.1 Å². The van der Waals surface area contributed by atoms with Crippen LogP contribution in [0, 0.1) is 0 Å². The van der Waals surface area contributed by atoms with Gasteiger partial charge in [-0.3, -0.25) is 0 Å². The van der Waals surface area contributed by atoms with E-state index in [9.17, 15) is 19.8 Å². The van der Waals surface area contributed by atoms with Crippen LogP contribution < -0.4 is 0 Å². The molecule has 24 heavy (non-hydrogen) atoms. The van der Waals surface area contributed by atoms with E-state index in [4.69, 9.17) is 0 Å². The van der Waals surface area contributed by atoms with Crippen LogP contribution in [0.2, 0.25) is 0 Å². The molecule has 6 heteroatoms. The largest absolute Gasteiger partial charge is 0.478 e. The highest BCUT2D eigenvalue weighted by molar-refractivity contribution is 6.13. The second-order valence-electron chi connectivity index (χ2n) is 5.34. The van der Waals surface area contributed by atoms with Gasteiger partial charge in [-0.05, 0) is 29.7 Å². The van der Waals surface area contributed by atoms with Crippen LogP contribution in [0.3, 0.4) is 0 Å². The van der Waals surface area contributed by atoms with Gasteiger partial charge in [0.2, 0.25) is 0 Å². The Labute approximate surface area is 135 Å². The van der Waals surface area contributed by atoms with Crippen LogP contribution in [0.25, 0.3) is 32.8 Å². The number of nitrogens with zero attached hydrogens (tertiary/aromatic N) is 2. The van der Waals surface area contributed by atoms with E-state index in [2.05, 4.69) is 9.97 Å². The summed E-state index contributed by atoms with van der Waals surface area (Å²) in [5.41, 5.74) is 2.06. The standard InChI is InChI=1S/C18H10N2O4/c21-17(22)11-4-1-3-10-9(11)7-8-14-15(10)20-16-12(18(23)24)5-2-6-13(16)19-14/h1-8H,(H,21,22)(H,23,24). The molecule has 4 rings (SSSR count). The van der Waals surface area contributed by atoms with Crippen molar-refractivity contribution < 1.29 is 19.8 Å². The van der Waals surface area contributed by atoms with Crippen LogP contribution in [0.1, 0.15) is 20.7 Å². The molecule has 0 aliphatic carbocycles. The quantitative estimate of drug-likeness (QED) is 0.434. The molecular weight excluding hydrogens is 308 g/mol. The lowest BCUT2D eigenvalue weighted by Crippen LogP contribution is -2.01. The van der Waals surface area contributed by atoms with Crippen molar-refractivity contribution in [2.45, 2.75) is 0 Å². The zero-order chi connectivity index (χ0) is 16.8. The SMILES string of the molecule is O=C(O)c1cccc2c1ccc1nc3cccc(C(=O)O)c3nc12. The number of hydrogen-bond acceptors (Lipinski definition) is 4. The number of rotatable bonds is 2. The molecule has 0 saturated heterocycles. The molecule has 4 aromatic rings. The number of carboxylic acids is 2. The second kappa shape index (κ2) is 4.99. The predicted octanol–water partition coefficient (Wildman–Crippen LogP) is 3.33. The first-order valence-corrected chi connectivity index (χ1v) is 7.15. The van der Waals surface area contributed by atoms with Crippen LogP contribution in [-0.2, 0) is 0 Å². The minimum absolute atomic E-state index is 0.0632. The fraction of sp³-hybridized carbons (Fsp3) is 0. The van der Waals surface area contributed by atoms with Crippen molar-refractivity contribution in [3.05, 3.63) is 59.7 Å². The molecular formula is C18H10N2O4. The van der Waals surface area contributed by atoms with Gasteiger partial charge in [0.25, 0.3) is 0 Å². The molecule has 6 nitrogen and oxygen atoms in total. The van der Waals surface area contributed by atoms with Crippen LogP contribution in [0.5, 0.6) is 0 Å². The molecule has 2 N–H and O–H groups in total. The highest BCUT2D eigenvalue weighted by Gasteiger charge is 2.15. The number of aromatic carboxylic acids is 2. The molecule has 0 bridgehead atoms. The monoisotopic (exact) mass is 318 g/mol. The molecule has 0 amide bonds. The van der Waals surface area contributed by atoms with Gasteiger partial charge in [0, 0.05) is 5.39 Å². The second-order valence-corrected chi connectivity index (χ2v) is 5.34. The van der Waals surface area contributed by atoms with E-state index in [1.807, 2.05) is 0 Å². The Morgan fingerprint density at radius 1 is 0.667 bits per heavy atom. The Morgan fingerprint density at radius 3 is 2.08 bits per heavy atom. The summed E-state index contributed by atoms with van der Waals surface area (Å²) in [5.74, 6) is -2.11. The summed E-state index contributed by atoms with van der Waals surface area (Å²) in [6.45, 7) is 0. The minimum atomic E-state index is -1.08. The number of fused-ring (bicyclic) bond motifs is 4. The fourth-order valence-electron chi connectivity index (χ4n) is 2.88. The average Bonchev–Trinajstić information content (AvgIpc) is 2.58. The third-order valence-corrected chi connectivity index (χ3v) is 3.95. The van der Waals surface area contributed by atoms with E-state index in [-0.39, 0.29) is 16.6 Å². The van der Waals surface area contributed by atoms with Crippen molar-refractivity contribution in [1.29, 1.82) is 0 Å². The number of carboxylic acid groups (broad SMARTS) is 2. The first-order valence-electron chi connectivity index (χ1n) is 7.15. The van der Waals surface area contributed by atoms with Gasteiger partial charge < -0.3 is 10.2 Å². The number of hydrogen-bond donors (Lipinski definition) is 2. The molecule has 0 radical (unpaired) electrons. The Bertz CT molecular complexity index is 1170. The van der Waals surface area contributed by atoms with Gasteiger partial charge in [0.1, 0.15) is 5.52 Å². The number of benzene rings is 3. The molecule has 0 atom stereocenters. The normalized spacial score (nSPS) is 11.2. The van der Waals surface area contributed by atoms with Gasteiger partial charge in [-0.25, -0.2) is 19.6 Å². The van der Waals surface area contributed by atoms with Gasteiger partial charge in [-0.2, -0.15) is 0 Å². The van der Waals surface area contributed by atoms with Gasteiger partial charge in [-0.1, -0.05) is 24.3 Å². The average molecular weight is 318 g/mol. The summed E-state index contributed by atoms with van der Waals surface area (Å²) in [6.07, 6.45) is 0. The fourth-order valence-corrected chi connectivity index (χ4v) is 2.88. The van der Waals surface area contributed by atoms with Crippen LogP contribution >= 0.6 is 0 Å². The Morgan fingerprint density at radius 2 is 1.33 bits per heavy atom. The third-order valence-electron chi connectivity index (χ3n) is 3.95. The molecule has 0 saturated carbocycles. The maximum Gasteiger partial charge on any atom is 0.337 e. The van der Waals surface area contributed by atoms with Gasteiger partial charge in [0.05, 0.1) is 27.7 Å². The summed E-state index contributed by atoms with van der Waals surface area (Å²) in [4.78, 5) is 31.8. The lowest BCUT2D eigenvalue weighted by Gasteiger charge is -2.08. The minimum Gasteiger partial charge on any atom is -0.478 e. The molecule has 0 unspecified atom stereocenters. The Kier molecular flexibility index (Phi) is 2.93. The summed E-state index contributed by atoms with van der Waals surface area (Å²) >= 11 is 0. The molecule has 0 spiro atoms. The van der Waals surface area contributed by atoms with Gasteiger partial charge >= 0.3 is 11.9 Å². The smallest absolute Gasteiger partial charge is 0.337 e. The maximum absolute atomic E-state index is 11.4. The number of carbonyl (C=O) groups is 2. The lowest BCUT2D eigenvalue weighted by atomic mass is 10.0. The van der Waals surface area contributed by atoms with E-state index in [0.29, 0.717) is 27.3 Å². The zero-order valence-corrected chi connectivity index (χ0v) is 12.2. The zero-order valence-electron chi connectivity index (χ0n) is 12.2. The molecule has 0 aliphatic heterocycles. The van der Waals surface area contributed by atoms with E-state index >= 15 is 0 Å². The van der Waals surface area contributed by atoms with Crippen LogP contribution in [0.4, 0.5) is 0 Å². The van der Waals surface area contributed by atoms with Crippen molar-refractivity contribution in [2.24, 2.45) is 0 Å². The molecule has 0 fully saturated rings. The first kappa shape index (κ1) is 14.1. The molecule has 0 aliphatic rings. The summed E-state index contributed by atoms with van der Waals surface area (Å²) < 4.78 is 0. The summed E-state index contributed by atoms with van der Waals surface area (Å²) in [7, 11) is 0. The van der Waals surface area contributed by atoms with E-state index in [1.54, 1.807) is 36.4 Å². The van der Waals surface area contributed by atoms with Crippen molar-refractivity contribution in [3.8, 4) is 0 Å². The Hall–Kier alpha value is -3.54. The van der Waals surface area contributed by atoms with Crippen molar-refractivity contribution in [3.63, 3.8) is 0 Å². The van der Waals surface area contributed by atoms with Crippen molar-refractivity contribution in [1.82, 2.24) is 9.97 Å². The molecule has 1 heterocycles. The molecule has 3 aromatic carbocycles. The van der Waals surface area contributed by atoms with Crippen molar-refractivity contribution in [2.75, 3.05) is 0 Å². The highest BCUT2D eigenvalue weighted by atomic mass is 16.4. The Balaban J connectivity index is 2.19.